The summed E-state index contributed by atoms with van der Waals surface area (Å²) in [5.74, 6) is -0.778. The van der Waals surface area contributed by atoms with E-state index in [0.717, 1.165) is 6.42 Å². The van der Waals surface area contributed by atoms with Gasteiger partial charge in [0.25, 0.3) is 0 Å². The highest BCUT2D eigenvalue weighted by Gasteiger charge is 2.21. The molecule has 21 heavy (non-hydrogen) atoms. The van der Waals surface area contributed by atoms with Crippen molar-refractivity contribution in [3.8, 4) is 0 Å². The number of hydrogen-bond donors (Lipinski definition) is 1. The van der Waals surface area contributed by atoms with Crippen molar-refractivity contribution in [2.24, 2.45) is 0 Å². The van der Waals surface area contributed by atoms with Crippen molar-refractivity contribution in [1.82, 2.24) is 4.98 Å². The molecule has 0 aromatic carbocycles. The Labute approximate surface area is 131 Å². The maximum Gasteiger partial charge on any atom is 0.358 e. The first kappa shape index (κ1) is 15.7. The summed E-state index contributed by atoms with van der Waals surface area (Å²) in [6, 6.07) is 4.17. The number of aryl methyl sites for hydroxylation is 1. The second-order valence-corrected chi connectivity index (χ2v) is 6.57. The van der Waals surface area contributed by atoms with E-state index in [1.165, 1.54) is 35.1 Å². The van der Waals surface area contributed by atoms with Crippen LogP contribution in [0.4, 0.5) is 5.13 Å². The summed E-state index contributed by atoms with van der Waals surface area (Å²) in [5.41, 5.74) is 0.0814. The van der Waals surface area contributed by atoms with Gasteiger partial charge in [0.15, 0.2) is 16.6 Å². The van der Waals surface area contributed by atoms with Crippen molar-refractivity contribution < 1.29 is 14.3 Å². The fourth-order valence-electron chi connectivity index (χ4n) is 1.74. The second-order valence-electron chi connectivity index (χ2n) is 4.32. The lowest BCUT2D eigenvalue weighted by atomic mass is 10.3. The average molecular weight is 324 g/mol. The number of carbonyl (C=O) groups is 2. The van der Waals surface area contributed by atoms with E-state index in [1.54, 1.807) is 11.3 Å². The van der Waals surface area contributed by atoms with E-state index in [0.29, 0.717) is 16.6 Å². The Kier molecular flexibility index (Phi) is 5.08. The Bertz CT molecular complexity index is 661. The van der Waals surface area contributed by atoms with E-state index in [2.05, 4.69) is 34.1 Å². The van der Waals surface area contributed by atoms with Crippen LogP contribution in [0.2, 0.25) is 0 Å². The summed E-state index contributed by atoms with van der Waals surface area (Å²) in [7, 11) is 1.27. The number of hydrogen-bond acceptors (Lipinski definition) is 7. The first-order chi connectivity index (χ1) is 10.0. The largest absolute Gasteiger partial charge is 0.464 e. The highest BCUT2D eigenvalue weighted by atomic mass is 32.1. The van der Waals surface area contributed by atoms with Crippen LogP contribution < -0.4 is 5.32 Å². The van der Waals surface area contributed by atoms with Gasteiger partial charge >= 0.3 is 5.97 Å². The number of thiophene rings is 1. The van der Waals surface area contributed by atoms with Crippen molar-refractivity contribution in [2.45, 2.75) is 26.8 Å². The van der Waals surface area contributed by atoms with Crippen LogP contribution >= 0.6 is 22.7 Å². The van der Waals surface area contributed by atoms with Gasteiger partial charge in [-0.3, -0.25) is 4.79 Å². The molecule has 0 amide bonds. The monoisotopic (exact) mass is 324 g/mol. The Balaban J connectivity index is 2.13. The molecule has 2 aromatic rings. The minimum Gasteiger partial charge on any atom is -0.464 e. The van der Waals surface area contributed by atoms with Gasteiger partial charge in [-0.15, -0.1) is 11.3 Å². The van der Waals surface area contributed by atoms with Crippen LogP contribution in [0.15, 0.2) is 12.1 Å². The lowest BCUT2D eigenvalue weighted by Gasteiger charge is -1.99. The number of nitrogens with one attached hydrogen (secondary N) is 1. The fraction of sp³-hybridized carbons (Fsp3) is 0.357. The number of esters is 1. The van der Waals surface area contributed by atoms with Gasteiger partial charge in [0, 0.05) is 16.7 Å². The highest BCUT2D eigenvalue weighted by molar-refractivity contribution is 7.17. The number of anilines is 1. The molecule has 2 rings (SSSR count). The molecule has 2 aromatic heterocycles. The summed E-state index contributed by atoms with van der Waals surface area (Å²) >= 11 is 2.91. The maximum absolute atomic E-state index is 11.6. The maximum atomic E-state index is 11.6. The molecular weight excluding hydrogens is 308 g/mol. The van der Waals surface area contributed by atoms with E-state index in [1.807, 2.05) is 0 Å². The molecule has 1 N–H and O–H groups in total. The summed E-state index contributed by atoms with van der Waals surface area (Å²) < 4.78 is 4.65. The Morgan fingerprint density at radius 2 is 2.00 bits per heavy atom. The third-order valence-electron chi connectivity index (χ3n) is 2.81. The first-order valence-corrected chi connectivity index (χ1v) is 8.10. The zero-order chi connectivity index (χ0) is 15.4. The number of nitrogens with zero attached hydrogens (tertiary/aromatic N) is 1. The topological polar surface area (TPSA) is 68.3 Å². The molecule has 0 saturated heterocycles. The molecule has 0 atom stereocenters. The fourth-order valence-corrected chi connectivity index (χ4v) is 3.48. The van der Waals surface area contributed by atoms with Crippen LogP contribution in [0.3, 0.4) is 0 Å². The third-order valence-corrected chi connectivity index (χ3v) is 5.15. The zero-order valence-corrected chi connectivity index (χ0v) is 13.7. The molecule has 0 aliphatic rings. The smallest absolute Gasteiger partial charge is 0.358 e. The number of ketones is 1. The Morgan fingerprint density at radius 3 is 2.57 bits per heavy atom. The van der Waals surface area contributed by atoms with Crippen molar-refractivity contribution in [3.05, 3.63) is 32.5 Å². The molecule has 0 aliphatic heterocycles. The molecule has 7 heteroatoms. The van der Waals surface area contributed by atoms with E-state index >= 15 is 0 Å². The van der Waals surface area contributed by atoms with Crippen molar-refractivity contribution in [2.75, 3.05) is 12.4 Å². The van der Waals surface area contributed by atoms with Crippen molar-refractivity contribution >= 4 is 39.6 Å². The standard InChI is InChI=1S/C14H16N2O3S2/c1-4-9-5-6-10(20-9)7-15-14-16-11(13(18)19-3)12(21-14)8(2)17/h5-6H,4,7H2,1-3H3,(H,15,16). The number of ether oxygens (including phenoxy) is 1. The Morgan fingerprint density at radius 1 is 1.29 bits per heavy atom. The van der Waals surface area contributed by atoms with Crippen LogP contribution in [-0.4, -0.2) is 23.8 Å². The molecule has 2 heterocycles. The van der Waals surface area contributed by atoms with Crippen molar-refractivity contribution in [1.29, 1.82) is 0 Å². The van der Waals surface area contributed by atoms with Gasteiger partial charge in [-0.25, -0.2) is 9.78 Å². The van der Waals surface area contributed by atoms with Crippen LogP contribution in [0.1, 0.15) is 43.8 Å². The highest BCUT2D eigenvalue weighted by Crippen LogP contribution is 2.25. The molecule has 0 aliphatic carbocycles. The molecule has 5 nitrogen and oxygen atoms in total. The second kappa shape index (κ2) is 6.82. The van der Waals surface area contributed by atoms with Gasteiger partial charge in [0.2, 0.25) is 0 Å². The number of Topliss-reactive ketones (excluding diaryl/α,β-unsaturated/α-hetero) is 1. The molecule has 0 radical (unpaired) electrons. The molecule has 0 fully saturated rings. The lowest BCUT2D eigenvalue weighted by molar-refractivity contribution is 0.0591. The van der Waals surface area contributed by atoms with Crippen LogP contribution in [0.5, 0.6) is 0 Å². The van der Waals surface area contributed by atoms with Gasteiger partial charge < -0.3 is 10.1 Å². The number of methoxy groups -OCH3 is 1. The van der Waals surface area contributed by atoms with Crippen LogP contribution in [0.25, 0.3) is 0 Å². The van der Waals surface area contributed by atoms with E-state index in [-0.39, 0.29) is 11.5 Å². The number of rotatable bonds is 6. The zero-order valence-electron chi connectivity index (χ0n) is 12.1. The summed E-state index contributed by atoms with van der Waals surface area (Å²) in [5, 5.41) is 3.70. The van der Waals surface area contributed by atoms with Gasteiger partial charge in [-0.2, -0.15) is 0 Å². The first-order valence-electron chi connectivity index (χ1n) is 6.46. The van der Waals surface area contributed by atoms with E-state index < -0.39 is 5.97 Å². The minimum absolute atomic E-state index is 0.0814. The Hall–Kier alpha value is -1.73. The third kappa shape index (κ3) is 3.68. The molecule has 112 valence electrons. The summed E-state index contributed by atoms with van der Waals surface area (Å²) in [6.07, 6.45) is 1.02. The number of carbonyl (C=O) groups excluding carboxylic acids is 2. The van der Waals surface area contributed by atoms with Crippen LogP contribution in [0, 0.1) is 0 Å². The van der Waals surface area contributed by atoms with Gasteiger partial charge in [-0.05, 0) is 18.6 Å². The van der Waals surface area contributed by atoms with Gasteiger partial charge in [-0.1, -0.05) is 18.3 Å². The van der Waals surface area contributed by atoms with Crippen LogP contribution in [-0.2, 0) is 17.7 Å². The van der Waals surface area contributed by atoms with E-state index in [4.69, 9.17) is 0 Å². The normalized spacial score (nSPS) is 10.4. The van der Waals surface area contributed by atoms with Crippen molar-refractivity contribution in [3.63, 3.8) is 0 Å². The quantitative estimate of drug-likeness (QED) is 0.652. The van der Waals surface area contributed by atoms with Gasteiger partial charge in [0.05, 0.1) is 13.7 Å². The van der Waals surface area contributed by atoms with Gasteiger partial charge in [0.1, 0.15) is 4.88 Å². The molecule has 0 saturated carbocycles. The SMILES string of the molecule is CCc1ccc(CNc2nc(C(=O)OC)c(C(C)=O)s2)s1. The molecule has 0 bridgehead atoms. The number of thiazole rings is 1. The van der Waals surface area contributed by atoms with E-state index in [9.17, 15) is 9.59 Å². The molecule has 0 unspecified atom stereocenters. The lowest BCUT2D eigenvalue weighted by Crippen LogP contribution is -2.07. The predicted molar refractivity (Wildman–Crippen MR) is 84.5 cm³/mol. The summed E-state index contributed by atoms with van der Waals surface area (Å²) in [4.78, 5) is 30.2. The predicted octanol–water partition coefficient (Wildman–Crippen LogP) is 3.37. The molecular formula is C14H16N2O3S2. The molecule has 0 spiro atoms. The average Bonchev–Trinajstić information content (AvgIpc) is 3.10. The minimum atomic E-state index is -0.589. The number of aromatic nitrogens is 1. The summed E-state index contributed by atoms with van der Waals surface area (Å²) in [6.45, 7) is 4.15.